The maximum Gasteiger partial charge on any atom is 0.127 e. The molecule has 0 radical (unpaired) electrons. The molecule has 1 aromatic heterocycles. The average Bonchev–Trinajstić information content (AvgIpc) is 2.99. The third-order valence-electron chi connectivity index (χ3n) is 3.98. The van der Waals surface area contributed by atoms with E-state index in [2.05, 4.69) is 41.7 Å². The Morgan fingerprint density at radius 1 is 1.19 bits per heavy atom. The highest BCUT2D eigenvalue weighted by atomic mass is 32.1. The van der Waals surface area contributed by atoms with Gasteiger partial charge in [0.25, 0.3) is 0 Å². The second kappa shape index (κ2) is 7.69. The van der Waals surface area contributed by atoms with Crippen molar-refractivity contribution in [1.82, 2.24) is 10.2 Å². The van der Waals surface area contributed by atoms with Gasteiger partial charge in [0, 0.05) is 35.6 Å². The van der Waals surface area contributed by atoms with Gasteiger partial charge in [-0.2, -0.15) is 0 Å². The zero-order valence-corrected chi connectivity index (χ0v) is 13.7. The Labute approximate surface area is 130 Å². The standard InChI is InChI=1S/C17H23FN2S/c1-13(11-19-12-15-7-6-10-21-15)20(3)14(2)16-8-4-5-9-17(16)18/h4-10,13-14,19H,11-12H2,1-3H3. The maximum atomic E-state index is 13.9. The molecule has 2 aromatic rings. The van der Waals surface area contributed by atoms with E-state index >= 15 is 0 Å². The summed E-state index contributed by atoms with van der Waals surface area (Å²) in [5, 5.41) is 5.55. The summed E-state index contributed by atoms with van der Waals surface area (Å²) in [5.41, 5.74) is 0.755. The van der Waals surface area contributed by atoms with E-state index in [1.54, 1.807) is 17.4 Å². The van der Waals surface area contributed by atoms with E-state index < -0.39 is 0 Å². The summed E-state index contributed by atoms with van der Waals surface area (Å²) in [6.07, 6.45) is 0. The van der Waals surface area contributed by atoms with Gasteiger partial charge in [0.15, 0.2) is 0 Å². The van der Waals surface area contributed by atoms with Crippen molar-refractivity contribution in [2.75, 3.05) is 13.6 Å². The fraction of sp³-hybridized carbons (Fsp3) is 0.412. The van der Waals surface area contributed by atoms with Crippen molar-refractivity contribution >= 4 is 11.3 Å². The fourth-order valence-corrected chi connectivity index (χ4v) is 3.05. The lowest BCUT2D eigenvalue weighted by Gasteiger charge is -2.31. The summed E-state index contributed by atoms with van der Waals surface area (Å²) < 4.78 is 13.9. The molecule has 1 heterocycles. The van der Waals surface area contributed by atoms with Crippen LogP contribution in [0.2, 0.25) is 0 Å². The second-order valence-electron chi connectivity index (χ2n) is 5.42. The Bertz CT molecular complexity index is 541. The fourth-order valence-electron chi connectivity index (χ4n) is 2.38. The van der Waals surface area contributed by atoms with Gasteiger partial charge in [0.1, 0.15) is 5.82 Å². The number of nitrogens with zero attached hydrogens (tertiary/aromatic N) is 1. The number of hydrogen-bond acceptors (Lipinski definition) is 3. The van der Waals surface area contributed by atoms with Gasteiger partial charge in [-0.3, -0.25) is 4.90 Å². The summed E-state index contributed by atoms with van der Waals surface area (Å²) in [6.45, 7) is 5.99. The Morgan fingerprint density at radius 3 is 2.62 bits per heavy atom. The summed E-state index contributed by atoms with van der Waals surface area (Å²) in [4.78, 5) is 3.55. The quantitative estimate of drug-likeness (QED) is 0.830. The molecule has 2 rings (SSSR count). The molecule has 21 heavy (non-hydrogen) atoms. The van der Waals surface area contributed by atoms with Crippen LogP contribution in [0.5, 0.6) is 0 Å². The predicted molar refractivity (Wildman–Crippen MR) is 88.1 cm³/mol. The van der Waals surface area contributed by atoms with E-state index in [1.807, 2.05) is 19.1 Å². The molecule has 0 fully saturated rings. The first-order valence-electron chi connectivity index (χ1n) is 7.29. The molecular weight excluding hydrogens is 283 g/mol. The topological polar surface area (TPSA) is 15.3 Å². The first kappa shape index (κ1) is 16.1. The van der Waals surface area contributed by atoms with Crippen LogP contribution in [-0.2, 0) is 6.54 Å². The number of benzene rings is 1. The van der Waals surface area contributed by atoms with Crippen molar-refractivity contribution in [3.8, 4) is 0 Å². The minimum atomic E-state index is -0.129. The van der Waals surface area contributed by atoms with Crippen molar-refractivity contribution < 1.29 is 4.39 Å². The number of halogens is 1. The summed E-state index contributed by atoms with van der Waals surface area (Å²) in [6, 6.07) is 11.6. The molecule has 2 unspecified atom stereocenters. The number of hydrogen-bond donors (Lipinski definition) is 1. The molecule has 0 saturated heterocycles. The van der Waals surface area contributed by atoms with Crippen molar-refractivity contribution in [2.24, 2.45) is 0 Å². The Balaban J connectivity index is 1.86. The molecule has 114 valence electrons. The van der Waals surface area contributed by atoms with Crippen molar-refractivity contribution in [2.45, 2.75) is 32.5 Å². The maximum absolute atomic E-state index is 13.9. The minimum absolute atomic E-state index is 0.0599. The van der Waals surface area contributed by atoms with Crippen molar-refractivity contribution in [3.63, 3.8) is 0 Å². The monoisotopic (exact) mass is 306 g/mol. The lowest BCUT2D eigenvalue weighted by Crippen LogP contribution is -2.39. The van der Waals surface area contributed by atoms with Crippen molar-refractivity contribution in [3.05, 3.63) is 58.0 Å². The van der Waals surface area contributed by atoms with Crippen LogP contribution >= 0.6 is 11.3 Å². The van der Waals surface area contributed by atoms with Gasteiger partial charge in [-0.1, -0.05) is 24.3 Å². The molecule has 1 aromatic carbocycles. The highest BCUT2D eigenvalue weighted by Crippen LogP contribution is 2.23. The van der Waals surface area contributed by atoms with Crippen LogP contribution in [0.15, 0.2) is 41.8 Å². The van der Waals surface area contributed by atoms with Gasteiger partial charge in [0.2, 0.25) is 0 Å². The zero-order valence-electron chi connectivity index (χ0n) is 12.8. The lowest BCUT2D eigenvalue weighted by atomic mass is 10.1. The van der Waals surface area contributed by atoms with Gasteiger partial charge in [-0.25, -0.2) is 4.39 Å². The normalized spacial score (nSPS) is 14.3. The predicted octanol–water partition coefficient (Wildman–Crippen LogP) is 4.06. The SMILES string of the molecule is CC(CNCc1cccs1)N(C)C(C)c1ccccc1F. The average molecular weight is 306 g/mol. The molecule has 0 aliphatic carbocycles. The van der Waals surface area contributed by atoms with E-state index in [-0.39, 0.29) is 11.9 Å². The van der Waals surface area contributed by atoms with Crippen LogP contribution in [0, 0.1) is 5.82 Å². The first-order valence-corrected chi connectivity index (χ1v) is 8.17. The molecule has 0 spiro atoms. The van der Waals surface area contributed by atoms with Crippen LogP contribution in [0.25, 0.3) is 0 Å². The molecule has 0 aliphatic heterocycles. The Hall–Kier alpha value is -1.23. The van der Waals surface area contributed by atoms with E-state index in [0.717, 1.165) is 18.7 Å². The van der Waals surface area contributed by atoms with Gasteiger partial charge in [-0.05, 0) is 38.4 Å². The molecule has 2 atom stereocenters. The Kier molecular flexibility index (Phi) is 5.91. The number of nitrogens with one attached hydrogen (secondary N) is 1. The van der Waals surface area contributed by atoms with Crippen LogP contribution in [0.1, 0.15) is 30.3 Å². The third kappa shape index (κ3) is 4.37. The Morgan fingerprint density at radius 2 is 1.95 bits per heavy atom. The molecule has 0 aliphatic rings. The zero-order chi connectivity index (χ0) is 15.2. The molecule has 4 heteroatoms. The number of thiophene rings is 1. The van der Waals surface area contributed by atoms with E-state index in [1.165, 1.54) is 10.9 Å². The van der Waals surface area contributed by atoms with Gasteiger partial charge >= 0.3 is 0 Å². The van der Waals surface area contributed by atoms with E-state index in [4.69, 9.17) is 0 Å². The van der Waals surface area contributed by atoms with Gasteiger partial charge in [-0.15, -0.1) is 11.3 Å². The summed E-state index contributed by atoms with van der Waals surface area (Å²) in [7, 11) is 2.05. The highest BCUT2D eigenvalue weighted by Gasteiger charge is 2.19. The molecule has 0 bridgehead atoms. The minimum Gasteiger partial charge on any atom is -0.310 e. The van der Waals surface area contributed by atoms with Gasteiger partial charge in [0.05, 0.1) is 0 Å². The number of rotatable bonds is 7. The second-order valence-corrected chi connectivity index (χ2v) is 6.45. The molecule has 0 saturated carbocycles. The van der Waals surface area contributed by atoms with Crippen LogP contribution in [0.4, 0.5) is 4.39 Å². The van der Waals surface area contributed by atoms with Crippen LogP contribution in [0.3, 0.4) is 0 Å². The first-order chi connectivity index (χ1) is 10.1. The molecular formula is C17H23FN2S. The molecule has 1 N–H and O–H groups in total. The smallest absolute Gasteiger partial charge is 0.127 e. The lowest BCUT2D eigenvalue weighted by molar-refractivity contribution is 0.190. The number of likely N-dealkylation sites (N-methyl/N-ethyl adjacent to an activating group) is 1. The van der Waals surface area contributed by atoms with E-state index in [9.17, 15) is 4.39 Å². The molecule has 0 amide bonds. The molecule has 2 nitrogen and oxygen atoms in total. The van der Waals surface area contributed by atoms with Crippen LogP contribution in [-0.4, -0.2) is 24.5 Å². The van der Waals surface area contributed by atoms with Crippen LogP contribution < -0.4 is 5.32 Å². The van der Waals surface area contributed by atoms with Gasteiger partial charge < -0.3 is 5.32 Å². The highest BCUT2D eigenvalue weighted by molar-refractivity contribution is 7.09. The third-order valence-corrected chi connectivity index (χ3v) is 4.86. The van der Waals surface area contributed by atoms with E-state index in [0.29, 0.717) is 6.04 Å². The largest absolute Gasteiger partial charge is 0.310 e. The summed E-state index contributed by atoms with van der Waals surface area (Å²) >= 11 is 1.76. The summed E-state index contributed by atoms with van der Waals surface area (Å²) in [5.74, 6) is -0.129. The van der Waals surface area contributed by atoms with Crippen molar-refractivity contribution in [1.29, 1.82) is 0 Å².